The average Bonchev–Trinajstić information content (AvgIpc) is 2.00. The Kier molecular flexibility index (Phi) is 6.52. The molecule has 15 heavy (non-hydrogen) atoms. The number of aliphatic hydroxyl groups is 2. The number of esters is 1. The first-order valence-electron chi connectivity index (χ1n) is 5.38. The maximum absolute atomic E-state index is 11.2. The maximum atomic E-state index is 11.2. The number of rotatable bonds is 6. The highest BCUT2D eigenvalue weighted by Crippen LogP contribution is 2.11. The van der Waals surface area contributed by atoms with Crippen LogP contribution >= 0.6 is 0 Å². The molecule has 0 heterocycles. The number of aliphatic hydroxyl groups excluding tert-OH is 2. The highest BCUT2D eigenvalue weighted by molar-refractivity contribution is 5.70. The van der Waals surface area contributed by atoms with Gasteiger partial charge in [-0.2, -0.15) is 0 Å². The van der Waals surface area contributed by atoms with Gasteiger partial charge in [0.15, 0.2) is 0 Å². The van der Waals surface area contributed by atoms with Gasteiger partial charge in [0.05, 0.1) is 24.7 Å². The van der Waals surface area contributed by atoms with E-state index in [2.05, 4.69) is 0 Å². The fourth-order valence-corrected chi connectivity index (χ4v) is 1.14. The lowest BCUT2D eigenvalue weighted by molar-refractivity contribution is -0.150. The third kappa shape index (κ3) is 7.33. The van der Waals surface area contributed by atoms with Crippen molar-refractivity contribution in [1.82, 2.24) is 0 Å². The van der Waals surface area contributed by atoms with Gasteiger partial charge in [0.2, 0.25) is 0 Å². The minimum Gasteiger partial charge on any atom is -0.463 e. The van der Waals surface area contributed by atoms with Crippen molar-refractivity contribution in [2.75, 3.05) is 0 Å². The van der Waals surface area contributed by atoms with Crippen LogP contribution in [0.2, 0.25) is 0 Å². The zero-order valence-electron chi connectivity index (χ0n) is 9.93. The molecule has 0 aromatic rings. The molecule has 0 saturated carbocycles. The lowest BCUT2D eigenvalue weighted by Gasteiger charge is -2.18. The Morgan fingerprint density at radius 1 is 1.20 bits per heavy atom. The number of hydrogen-bond acceptors (Lipinski definition) is 4. The van der Waals surface area contributed by atoms with Crippen molar-refractivity contribution in [2.24, 2.45) is 5.92 Å². The average molecular weight is 218 g/mol. The summed E-state index contributed by atoms with van der Waals surface area (Å²) in [4.78, 5) is 11.2. The third-order valence-corrected chi connectivity index (χ3v) is 2.05. The standard InChI is InChI=1S/C11H22O4/c1-7(2)10(13)5-9(12)6-11(14)15-8(3)4/h7-10,12-13H,5-6H2,1-4H3/t9-,10+/m1/s1. The summed E-state index contributed by atoms with van der Waals surface area (Å²) in [6, 6.07) is 0. The number of ether oxygens (including phenoxy) is 1. The molecule has 0 saturated heterocycles. The van der Waals surface area contributed by atoms with Gasteiger partial charge in [-0.05, 0) is 19.8 Å². The number of hydrogen-bond donors (Lipinski definition) is 2. The van der Waals surface area contributed by atoms with Crippen LogP contribution in [0.5, 0.6) is 0 Å². The van der Waals surface area contributed by atoms with Crippen LogP contribution in [0.1, 0.15) is 40.5 Å². The van der Waals surface area contributed by atoms with E-state index in [1.54, 1.807) is 13.8 Å². The molecule has 0 aliphatic rings. The monoisotopic (exact) mass is 218 g/mol. The molecule has 0 fully saturated rings. The highest BCUT2D eigenvalue weighted by atomic mass is 16.5. The molecule has 4 heteroatoms. The predicted octanol–water partition coefficient (Wildman–Crippen LogP) is 1.10. The van der Waals surface area contributed by atoms with E-state index >= 15 is 0 Å². The van der Waals surface area contributed by atoms with Crippen LogP contribution in [-0.2, 0) is 9.53 Å². The number of carbonyl (C=O) groups is 1. The van der Waals surface area contributed by atoms with Gasteiger partial charge >= 0.3 is 5.97 Å². The Bertz CT molecular complexity index is 189. The Hall–Kier alpha value is -0.610. The summed E-state index contributed by atoms with van der Waals surface area (Å²) in [5, 5.41) is 19.0. The third-order valence-electron chi connectivity index (χ3n) is 2.05. The largest absolute Gasteiger partial charge is 0.463 e. The smallest absolute Gasteiger partial charge is 0.308 e. The fourth-order valence-electron chi connectivity index (χ4n) is 1.14. The first-order chi connectivity index (χ1) is 6.82. The molecule has 90 valence electrons. The predicted molar refractivity (Wildman–Crippen MR) is 57.3 cm³/mol. The molecule has 0 aliphatic heterocycles. The van der Waals surface area contributed by atoms with Gasteiger partial charge in [-0.3, -0.25) is 4.79 Å². The molecule has 4 nitrogen and oxygen atoms in total. The Balaban J connectivity index is 3.82. The fraction of sp³-hybridized carbons (Fsp3) is 0.909. The summed E-state index contributed by atoms with van der Waals surface area (Å²) >= 11 is 0. The van der Waals surface area contributed by atoms with Gasteiger partial charge in [-0.25, -0.2) is 0 Å². The molecule has 0 aromatic carbocycles. The Morgan fingerprint density at radius 3 is 2.13 bits per heavy atom. The van der Waals surface area contributed by atoms with E-state index in [-0.39, 0.29) is 24.9 Å². The van der Waals surface area contributed by atoms with Crippen molar-refractivity contribution in [3.63, 3.8) is 0 Å². The van der Waals surface area contributed by atoms with E-state index in [0.717, 1.165) is 0 Å². The maximum Gasteiger partial charge on any atom is 0.308 e. The molecule has 2 atom stereocenters. The zero-order valence-corrected chi connectivity index (χ0v) is 9.93. The molecule has 0 amide bonds. The van der Waals surface area contributed by atoms with E-state index in [9.17, 15) is 15.0 Å². The quantitative estimate of drug-likeness (QED) is 0.655. The second kappa shape index (κ2) is 6.80. The van der Waals surface area contributed by atoms with Crippen LogP contribution in [0.25, 0.3) is 0 Å². The summed E-state index contributed by atoms with van der Waals surface area (Å²) in [6.45, 7) is 7.24. The molecule has 0 radical (unpaired) electrons. The van der Waals surface area contributed by atoms with Gasteiger partial charge in [0.25, 0.3) is 0 Å². The van der Waals surface area contributed by atoms with Crippen molar-refractivity contribution in [3.05, 3.63) is 0 Å². The topological polar surface area (TPSA) is 66.8 Å². The SMILES string of the molecule is CC(C)OC(=O)C[C@H](O)C[C@H](O)C(C)C. The van der Waals surface area contributed by atoms with Crippen molar-refractivity contribution in [3.8, 4) is 0 Å². The Labute approximate surface area is 91.3 Å². The molecule has 0 unspecified atom stereocenters. The summed E-state index contributed by atoms with van der Waals surface area (Å²) in [7, 11) is 0. The van der Waals surface area contributed by atoms with E-state index < -0.39 is 18.2 Å². The molecule has 0 aliphatic carbocycles. The summed E-state index contributed by atoms with van der Waals surface area (Å²) in [6.07, 6.45) is -1.41. The van der Waals surface area contributed by atoms with Gasteiger partial charge in [-0.15, -0.1) is 0 Å². The van der Waals surface area contributed by atoms with E-state index in [1.165, 1.54) is 0 Å². The summed E-state index contributed by atoms with van der Waals surface area (Å²) in [5.74, 6) is -0.339. The summed E-state index contributed by atoms with van der Waals surface area (Å²) in [5.41, 5.74) is 0. The van der Waals surface area contributed by atoms with E-state index in [4.69, 9.17) is 4.74 Å². The van der Waals surface area contributed by atoms with Gasteiger partial charge in [-0.1, -0.05) is 13.8 Å². The van der Waals surface area contributed by atoms with Crippen molar-refractivity contribution in [2.45, 2.75) is 58.8 Å². The first kappa shape index (κ1) is 14.4. The lowest BCUT2D eigenvalue weighted by atomic mass is 10.00. The van der Waals surface area contributed by atoms with Gasteiger partial charge < -0.3 is 14.9 Å². The van der Waals surface area contributed by atoms with Crippen LogP contribution < -0.4 is 0 Å². The lowest BCUT2D eigenvalue weighted by Crippen LogP contribution is -2.25. The molecule has 0 bridgehead atoms. The van der Waals surface area contributed by atoms with Crippen LogP contribution in [0.3, 0.4) is 0 Å². The molecular weight excluding hydrogens is 196 g/mol. The van der Waals surface area contributed by atoms with Crippen LogP contribution in [0, 0.1) is 5.92 Å². The molecule has 0 spiro atoms. The van der Waals surface area contributed by atoms with Crippen molar-refractivity contribution >= 4 is 5.97 Å². The highest BCUT2D eigenvalue weighted by Gasteiger charge is 2.18. The molecule has 2 N–H and O–H groups in total. The molecule has 0 rings (SSSR count). The van der Waals surface area contributed by atoms with E-state index in [0.29, 0.717) is 0 Å². The van der Waals surface area contributed by atoms with Crippen LogP contribution in [-0.4, -0.2) is 34.5 Å². The first-order valence-corrected chi connectivity index (χ1v) is 5.38. The normalized spacial score (nSPS) is 15.5. The molecular formula is C11H22O4. The van der Waals surface area contributed by atoms with Crippen molar-refractivity contribution in [1.29, 1.82) is 0 Å². The van der Waals surface area contributed by atoms with Crippen LogP contribution in [0.15, 0.2) is 0 Å². The van der Waals surface area contributed by atoms with Gasteiger partial charge in [0, 0.05) is 6.42 Å². The zero-order chi connectivity index (χ0) is 12.0. The minimum absolute atomic E-state index is 0.0536. The second-order valence-corrected chi connectivity index (χ2v) is 4.44. The Morgan fingerprint density at radius 2 is 1.73 bits per heavy atom. The van der Waals surface area contributed by atoms with Crippen LogP contribution in [0.4, 0.5) is 0 Å². The second-order valence-electron chi connectivity index (χ2n) is 4.44. The van der Waals surface area contributed by atoms with E-state index in [1.807, 2.05) is 13.8 Å². The minimum atomic E-state index is -0.825. The number of carbonyl (C=O) groups excluding carboxylic acids is 1. The summed E-state index contributed by atoms with van der Waals surface area (Å²) < 4.78 is 4.88. The van der Waals surface area contributed by atoms with Gasteiger partial charge in [0.1, 0.15) is 0 Å². The molecule has 0 aromatic heterocycles. The van der Waals surface area contributed by atoms with Crippen molar-refractivity contribution < 1.29 is 19.7 Å².